The Hall–Kier alpha value is -1.00. The van der Waals surface area contributed by atoms with Crippen LogP contribution in [0.5, 0.6) is 0 Å². The van der Waals surface area contributed by atoms with Crippen LogP contribution in [0.3, 0.4) is 0 Å². The van der Waals surface area contributed by atoms with Crippen LogP contribution >= 0.6 is 11.8 Å². The molecule has 0 radical (unpaired) electrons. The smallest absolute Gasteiger partial charge is 0.241 e. The number of hydrogen-bond acceptors (Lipinski definition) is 3. The van der Waals surface area contributed by atoms with Gasteiger partial charge in [-0.15, -0.1) is 0 Å². The van der Waals surface area contributed by atoms with Crippen molar-refractivity contribution >= 4 is 17.7 Å². The minimum absolute atomic E-state index is 0.156. The van der Waals surface area contributed by atoms with Gasteiger partial charge in [0.2, 0.25) is 5.91 Å². The predicted molar refractivity (Wildman–Crippen MR) is 78.2 cm³/mol. The topological polar surface area (TPSA) is 55.1 Å². The Balaban J connectivity index is 2.60. The number of carbonyl (C=O) groups excluding carboxylic acids is 1. The minimum Gasteiger partial charge on any atom is -0.294 e. The fourth-order valence-corrected chi connectivity index (χ4v) is 2.44. The Morgan fingerprint density at radius 1 is 1.33 bits per heavy atom. The zero-order valence-corrected chi connectivity index (χ0v) is 12.1. The Kier molecular flexibility index (Phi) is 6.22. The van der Waals surface area contributed by atoms with E-state index in [1.807, 2.05) is 30.8 Å². The highest BCUT2D eigenvalue weighted by atomic mass is 32.2. The first-order valence-electron chi connectivity index (χ1n) is 6.29. The molecule has 1 rings (SSSR count). The fourth-order valence-electron chi connectivity index (χ4n) is 1.54. The third-order valence-corrected chi connectivity index (χ3v) is 4.53. The number of carbonyl (C=O) groups is 1. The zero-order chi connectivity index (χ0) is 13.5. The van der Waals surface area contributed by atoms with Crippen LogP contribution in [0.1, 0.15) is 44.2 Å². The first-order chi connectivity index (χ1) is 8.58. The largest absolute Gasteiger partial charge is 0.294 e. The maximum Gasteiger partial charge on any atom is 0.241 e. The number of benzene rings is 1. The van der Waals surface area contributed by atoms with E-state index in [4.69, 9.17) is 5.84 Å². The molecule has 0 aliphatic carbocycles. The van der Waals surface area contributed by atoms with E-state index in [0.29, 0.717) is 5.25 Å². The van der Waals surface area contributed by atoms with Crippen molar-refractivity contribution in [2.75, 3.05) is 0 Å². The van der Waals surface area contributed by atoms with E-state index < -0.39 is 0 Å². The molecule has 0 aliphatic heterocycles. The molecule has 0 saturated heterocycles. The molecule has 0 heterocycles. The molecule has 3 nitrogen and oxygen atoms in total. The lowest BCUT2D eigenvalue weighted by Crippen LogP contribution is -2.33. The molecule has 0 aliphatic rings. The number of nitrogens with two attached hydrogens (primary N) is 1. The van der Waals surface area contributed by atoms with Gasteiger partial charge >= 0.3 is 0 Å². The molecule has 1 amide bonds. The molecule has 2 unspecified atom stereocenters. The van der Waals surface area contributed by atoms with Gasteiger partial charge in [-0.25, -0.2) is 5.84 Å². The van der Waals surface area contributed by atoms with Gasteiger partial charge in [0.1, 0.15) is 0 Å². The predicted octanol–water partition coefficient (Wildman–Crippen LogP) is 2.81. The van der Waals surface area contributed by atoms with E-state index >= 15 is 0 Å². The second-order valence-electron chi connectivity index (χ2n) is 4.50. The first-order valence-corrected chi connectivity index (χ1v) is 7.34. The van der Waals surface area contributed by atoms with Gasteiger partial charge in [-0.1, -0.05) is 38.1 Å². The molecule has 1 aromatic carbocycles. The van der Waals surface area contributed by atoms with Gasteiger partial charge in [0.05, 0.1) is 5.92 Å². The maximum absolute atomic E-state index is 11.4. The van der Waals surface area contributed by atoms with Gasteiger partial charge in [-0.3, -0.25) is 10.2 Å². The molecule has 18 heavy (non-hydrogen) atoms. The van der Waals surface area contributed by atoms with Gasteiger partial charge < -0.3 is 0 Å². The highest BCUT2D eigenvalue weighted by Gasteiger charge is 2.13. The first kappa shape index (κ1) is 15.1. The normalized spacial score (nSPS) is 14.0. The van der Waals surface area contributed by atoms with E-state index in [2.05, 4.69) is 31.4 Å². The number of amides is 1. The fraction of sp³-hybridized carbons (Fsp3) is 0.500. The molecule has 0 fully saturated rings. The molecule has 3 N–H and O–H groups in total. The lowest BCUT2D eigenvalue weighted by molar-refractivity contribution is -0.122. The Labute approximate surface area is 113 Å². The quantitative estimate of drug-likeness (QED) is 0.473. The third kappa shape index (κ3) is 4.35. The average Bonchev–Trinajstić information content (AvgIpc) is 2.43. The van der Waals surface area contributed by atoms with Gasteiger partial charge in [-0.2, -0.15) is 11.8 Å². The molecule has 2 atom stereocenters. The SMILES string of the molecule is CCC(C)SCc1ccc(C(C)C(=O)NN)cc1. The van der Waals surface area contributed by atoms with E-state index in [1.54, 1.807) is 0 Å². The Morgan fingerprint density at radius 2 is 1.94 bits per heavy atom. The van der Waals surface area contributed by atoms with Crippen molar-refractivity contribution in [1.29, 1.82) is 0 Å². The van der Waals surface area contributed by atoms with Crippen LogP contribution in [0, 0.1) is 0 Å². The molecule has 100 valence electrons. The highest BCUT2D eigenvalue weighted by molar-refractivity contribution is 7.99. The summed E-state index contributed by atoms with van der Waals surface area (Å²) in [5, 5.41) is 0.687. The molecule has 0 spiro atoms. The number of hydrazine groups is 1. The number of nitrogens with one attached hydrogen (secondary N) is 1. The summed E-state index contributed by atoms with van der Waals surface area (Å²) in [7, 11) is 0. The minimum atomic E-state index is -0.203. The van der Waals surface area contributed by atoms with Crippen LogP contribution in [0.15, 0.2) is 24.3 Å². The van der Waals surface area contributed by atoms with Gasteiger partial charge in [0, 0.05) is 11.0 Å². The van der Waals surface area contributed by atoms with E-state index in [9.17, 15) is 4.79 Å². The Morgan fingerprint density at radius 3 is 2.44 bits per heavy atom. The summed E-state index contributed by atoms with van der Waals surface area (Å²) in [6, 6.07) is 8.19. The van der Waals surface area contributed by atoms with Crippen molar-refractivity contribution in [3.05, 3.63) is 35.4 Å². The zero-order valence-electron chi connectivity index (χ0n) is 11.3. The molecule has 0 saturated carbocycles. The summed E-state index contributed by atoms with van der Waals surface area (Å²) >= 11 is 1.96. The highest BCUT2D eigenvalue weighted by Crippen LogP contribution is 2.22. The third-order valence-electron chi connectivity index (χ3n) is 3.12. The molecule has 4 heteroatoms. The number of rotatable bonds is 6. The van der Waals surface area contributed by atoms with E-state index in [0.717, 1.165) is 11.3 Å². The molecule has 0 bridgehead atoms. The maximum atomic E-state index is 11.4. The standard InChI is InChI=1S/C14H22N2OS/c1-4-10(2)18-9-12-5-7-13(8-6-12)11(3)14(17)16-15/h5-8,10-11H,4,9,15H2,1-3H3,(H,16,17). The van der Waals surface area contributed by atoms with Crippen molar-refractivity contribution < 1.29 is 4.79 Å². The summed E-state index contributed by atoms with van der Waals surface area (Å²) in [5.41, 5.74) is 4.47. The summed E-state index contributed by atoms with van der Waals surface area (Å²) in [6.07, 6.45) is 1.19. The van der Waals surface area contributed by atoms with Crippen LogP contribution in [0.4, 0.5) is 0 Å². The molecule has 0 aromatic heterocycles. The summed E-state index contributed by atoms with van der Waals surface area (Å²) in [5.74, 6) is 5.80. The molecule has 1 aromatic rings. The van der Waals surface area contributed by atoms with Gasteiger partial charge in [0.25, 0.3) is 0 Å². The van der Waals surface area contributed by atoms with Gasteiger partial charge in [-0.05, 0) is 24.5 Å². The average molecular weight is 266 g/mol. The number of hydrogen-bond donors (Lipinski definition) is 2. The summed E-state index contributed by atoms with van der Waals surface area (Å²) in [4.78, 5) is 11.4. The lowest BCUT2D eigenvalue weighted by atomic mass is 9.99. The van der Waals surface area contributed by atoms with Gasteiger partial charge in [0.15, 0.2) is 0 Å². The van der Waals surface area contributed by atoms with Crippen LogP contribution in [0.2, 0.25) is 0 Å². The van der Waals surface area contributed by atoms with Crippen molar-refractivity contribution in [3.8, 4) is 0 Å². The molecular weight excluding hydrogens is 244 g/mol. The second-order valence-corrected chi connectivity index (χ2v) is 5.93. The summed E-state index contributed by atoms with van der Waals surface area (Å²) in [6.45, 7) is 6.30. The van der Waals surface area contributed by atoms with Crippen molar-refractivity contribution in [3.63, 3.8) is 0 Å². The van der Waals surface area contributed by atoms with Crippen LogP contribution < -0.4 is 11.3 Å². The van der Waals surface area contributed by atoms with Crippen molar-refractivity contribution in [1.82, 2.24) is 5.43 Å². The van der Waals surface area contributed by atoms with Crippen LogP contribution in [0.25, 0.3) is 0 Å². The van der Waals surface area contributed by atoms with E-state index in [-0.39, 0.29) is 11.8 Å². The van der Waals surface area contributed by atoms with E-state index in [1.165, 1.54) is 12.0 Å². The number of thioether (sulfide) groups is 1. The van der Waals surface area contributed by atoms with Crippen LogP contribution in [-0.2, 0) is 10.5 Å². The second kappa shape index (κ2) is 7.44. The summed E-state index contributed by atoms with van der Waals surface area (Å²) < 4.78 is 0. The Bertz CT molecular complexity index is 378. The van der Waals surface area contributed by atoms with Crippen molar-refractivity contribution in [2.45, 2.75) is 44.1 Å². The van der Waals surface area contributed by atoms with Crippen molar-refractivity contribution in [2.24, 2.45) is 5.84 Å². The van der Waals surface area contributed by atoms with Crippen LogP contribution in [-0.4, -0.2) is 11.2 Å². The monoisotopic (exact) mass is 266 g/mol. The molecular formula is C14H22N2OS. The lowest BCUT2D eigenvalue weighted by Gasteiger charge is -2.11.